The van der Waals surface area contributed by atoms with E-state index in [0.717, 1.165) is 5.56 Å². The van der Waals surface area contributed by atoms with Gasteiger partial charge in [-0.15, -0.1) is 0 Å². The number of hydrogen-bond acceptors (Lipinski definition) is 5. The van der Waals surface area contributed by atoms with Crippen LogP contribution in [0.15, 0.2) is 39.8 Å². The van der Waals surface area contributed by atoms with Gasteiger partial charge in [0.1, 0.15) is 11.5 Å². The van der Waals surface area contributed by atoms with Crippen LogP contribution in [0.2, 0.25) is 0 Å². The number of aromatic nitrogens is 1. The smallest absolute Gasteiger partial charge is 0.303 e. The van der Waals surface area contributed by atoms with Crippen LogP contribution in [-0.4, -0.2) is 24.7 Å². The van der Waals surface area contributed by atoms with Gasteiger partial charge < -0.3 is 9.63 Å². The average molecular weight is 309 g/mol. The van der Waals surface area contributed by atoms with Crippen molar-refractivity contribution in [3.63, 3.8) is 0 Å². The second-order valence-electron chi connectivity index (χ2n) is 4.73. The van der Waals surface area contributed by atoms with Crippen molar-refractivity contribution in [3.8, 4) is 0 Å². The van der Waals surface area contributed by atoms with Crippen LogP contribution < -0.4 is 0 Å². The SMILES string of the molecule is Cc1cc(CS(=O)(=O)c2ccc(CCC(=O)O)cc2)no1. The van der Waals surface area contributed by atoms with Gasteiger partial charge in [0.15, 0.2) is 9.84 Å². The van der Waals surface area contributed by atoms with Crippen molar-refractivity contribution in [2.24, 2.45) is 0 Å². The zero-order valence-electron chi connectivity index (χ0n) is 11.4. The third-order valence-corrected chi connectivity index (χ3v) is 4.59. The molecule has 1 heterocycles. The Bertz CT molecular complexity index is 731. The molecule has 7 heteroatoms. The van der Waals surface area contributed by atoms with E-state index >= 15 is 0 Å². The third kappa shape index (κ3) is 4.16. The molecule has 0 amide bonds. The number of sulfone groups is 1. The van der Waals surface area contributed by atoms with Gasteiger partial charge in [0.2, 0.25) is 0 Å². The lowest BCUT2D eigenvalue weighted by atomic mass is 10.1. The zero-order chi connectivity index (χ0) is 15.5. The number of nitrogens with zero attached hydrogens (tertiary/aromatic N) is 1. The maximum Gasteiger partial charge on any atom is 0.303 e. The monoisotopic (exact) mass is 309 g/mol. The second-order valence-corrected chi connectivity index (χ2v) is 6.72. The van der Waals surface area contributed by atoms with Crippen molar-refractivity contribution >= 4 is 15.8 Å². The predicted molar refractivity (Wildman–Crippen MR) is 74.5 cm³/mol. The molecule has 6 nitrogen and oxygen atoms in total. The largest absolute Gasteiger partial charge is 0.481 e. The lowest BCUT2D eigenvalue weighted by Crippen LogP contribution is -2.05. The van der Waals surface area contributed by atoms with E-state index in [-0.39, 0.29) is 17.1 Å². The summed E-state index contributed by atoms with van der Waals surface area (Å²) in [5, 5.41) is 12.3. The Morgan fingerprint density at radius 2 is 1.95 bits per heavy atom. The molecule has 0 saturated heterocycles. The molecule has 0 unspecified atom stereocenters. The second kappa shape index (κ2) is 6.09. The van der Waals surface area contributed by atoms with Gasteiger partial charge in [-0.2, -0.15) is 0 Å². The van der Waals surface area contributed by atoms with Crippen LogP contribution in [0.4, 0.5) is 0 Å². The topological polar surface area (TPSA) is 97.5 Å². The lowest BCUT2D eigenvalue weighted by Gasteiger charge is -2.04. The Kier molecular flexibility index (Phi) is 4.42. The summed E-state index contributed by atoms with van der Waals surface area (Å²) >= 11 is 0. The van der Waals surface area contributed by atoms with Gasteiger partial charge in [0, 0.05) is 12.5 Å². The van der Waals surface area contributed by atoms with Crippen molar-refractivity contribution < 1.29 is 22.8 Å². The molecule has 1 N–H and O–H groups in total. The molecular formula is C14H15NO5S. The number of carboxylic acids is 1. The van der Waals surface area contributed by atoms with Crippen molar-refractivity contribution in [2.45, 2.75) is 30.4 Å². The number of aliphatic carboxylic acids is 1. The molecule has 2 rings (SSSR count). The molecule has 1 aromatic carbocycles. The summed E-state index contributed by atoms with van der Waals surface area (Å²) in [5.74, 6) is -0.545. The third-order valence-electron chi connectivity index (χ3n) is 2.92. The van der Waals surface area contributed by atoms with Gasteiger partial charge in [-0.25, -0.2) is 8.42 Å². The maximum atomic E-state index is 12.2. The van der Waals surface area contributed by atoms with Crippen LogP contribution in [0.3, 0.4) is 0 Å². The first-order chi connectivity index (χ1) is 9.87. The normalized spacial score (nSPS) is 11.5. The molecule has 0 aliphatic rings. The summed E-state index contributed by atoms with van der Waals surface area (Å²) in [6, 6.07) is 7.81. The highest BCUT2D eigenvalue weighted by atomic mass is 32.2. The molecule has 0 saturated carbocycles. The Labute approximate surface area is 122 Å². The summed E-state index contributed by atoms with van der Waals surface area (Å²) in [5.41, 5.74) is 1.15. The molecular weight excluding hydrogens is 294 g/mol. The Morgan fingerprint density at radius 1 is 1.29 bits per heavy atom. The summed E-state index contributed by atoms with van der Waals surface area (Å²) in [7, 11) is -3.49. The van der Waals surface area contributed by atoms with E-state index in [1.54, 1.807) is 25.1 Å². The van der Waals surface area contributed by atoms with E-state index in [2.05, 4.69) is 5.16 Å². The van der Waals surface area contributed by atoms with E-state index in [1.807, 2.05) is 0 Å². The van der Waals surface area contributed by atoms with E-state index in [9.17, 15) is 13.2 Å². The molecule has 2 aromatic rings. The van der Waals surface area contributed by atoms with E-state index in [4.69, 9.17) is 9.63 Å². The van der Waals surface area contributed by atoms with Crippen molar-refractivity contribution in [2.75, 3.05) is 0 Å². The Balaban J connectivity index is 2.11. The summed E-state index contributed by atoms with van der Waals surface area (Å²) in [6.45, 7) is 1.69. The first-order valence-electron chi connectivity index (χ1n) is 6.32. The van der Waals surface area contributed by atoms with Gasteiger partial charge in [-0.05, 0) is 31.0 Å². The molecule has 0 aliphatic carbocycles. The van der Waals surface area contributed by atoms with Crippen LogP contribution >= 0.6 is 0 Å². The maximum absolute atomic E-state index is 12.2. The standard InChI is InChI=1S/C14H15NO5S/c1-10-8-12(15-20-10)9-21(18,19)13-5-2-11(3-6-13)4-7-14(16)17/h2-3,5-6,8H,4,7,9H2,1H3,(H,16,17). The minimum atomic E-state index is -3.49. The van der Waals surface area contributed by atoms with E-state index < -0.39 is 15.8 Å². The molecule has 0 atom stereocenters. The molecule has 1 aromatic heterocycles. The van der Waals surface area contributed by atoms with Gasteiger partial charge in [0.05, 0.1) is 10.6 Å². The first kappa shape index (κ1) is 15.2. The zero-order valence-corrected chi connectivity index (χ0v) is 12.3. The fourth-order valence-corrected chi connectivity index (χ4v) is 3.12. The fraction of sp³-hybridized carbons (Fsp3) is 0.286. The molecule has 21 heavy (non-hydrogen) atoms. The molecule has 0 radical (unpaired) electrons. The fourth-order valence-electron chi connectivity index (χ4n) is 1.88. The van der Waals surface area contributed by atoms with Crippen LogP contribution in [0, 0.1) is 6.92 Å². The molecule has 0 bridgehead atoms. The summed E-state index contributed by atoms with van der Waals surface area (Å²) in [4.78, 5) is 10.7. The van der Waals surface area contributed by atoms with Crippen LogP contribution in [0.1, 0.15) is 23.4 Å². The van der Waals surface area contributed by atoms with Crippen LogP contribution in [0.25, 0.3) is 0 Å². The van der Waals surface area contributed by atoms with Crippen LogP contribution in [-0.2, 0) is 26.8 Å². The van der Waals surface area contributed by atoms with Gasteiger partial charge in [-0.1, -0.05) is 17.3 Å². The van der Waals surface area contributed by atoms with Gasteiger partial charge >= 0.3 is 5.97 Å². The van der Waals surface area contributed by atoms with Gasteiger partial charge in [0.25, 0.3) is 0 Å². The van der Waals surface area contributed by atoms with Crippen molar-refractivity contribution in [1.29, 1.82) is 0 Å². The van der Waals surface area contributed by atoms with Crippen LogP contribution in [0.5, 0.6) is 0 Å². The molecule has 112 valence electrons. The lowest BCUT2D eigenvalue weighted by molar-refractivity contribution is -0.136. The quantitative estimate of drug-likeness (QED) is 0.876. The average Bonchev–Trinajstić information content (AvgIpc) is 2.81. The summed E-state index contributed by atoms with van der Waals surface area (Å²) in [6.07, 6.45) is 0.391. The van der Waals surface area contributed by atoms with Gasteiger partial charge in [-0.3, -0.25) is 4.79 Å². The van der Waals surface area contributed by atoms with E-state index in [1.165, 1.54) is 12.1 Å². The highest BCUT2D eigenvalue weighted by Gasteiger charge is 2.17. The highest BCUT2D eigenvalue weighted by molar-refractivity contribution is 7.90. The Morgan fingerprint density at radius 3 is 2.48 bits per heavy atom. The highest BCUT2D eigenvalue weighted by Crippen LogP contribution is 2.17. The molecule has 0 spiro atoms. The predicted octanol–water partition coefficient (Wildman–Crippen LogP) is 1.97. The number of rotatable bonds is 6. The van der Waals surface area contributed by atoms with Crippen molar-refractivity contribution in [1.82, 2.24) is 5.16 Å². The number of carboxylic acid groups (broad SMARTS) is 1. The number of hydrogen-bond donors (Lipinski definition) is 1. The minimum absolute atomic E-state index is 0.0182. The number of aryl methyl sites for hydroxylation is 2. The number of carbonyl (C=O) groups is 1. The summed E-state index contributed by atoms with van der Waals surface area (Å²) < 4.78 is 29.3. The molecule has 0 aliphatic heterocycles. The Hall–Kier alpha value is -2.15. The molecule has 0 fully saturated rings. The number of benzene rings is 1. The van der Waals surface area contributed by atoms with E-state index in [0.29, 0.717) is 17.9 Å². The first-order valence-corrected chi connectivity index (χ1v) is 7.98. The van der Waals surface area contributed by atoms with Crippen molar-refractivity contribution in [3.05, 3.63) is 47.3 Å². The minimum Gasteiger partial charge on any atom is -0.481 e.